The van der Waals surface area contributed by atoms with E-state index in [4.69, 9.17) is 9.40 Å². The highest BCUT2D eigenvalue weighted by atomic mass is 16.3. The van der Waals surface area contributed by atoms with E-state index in [0.29, 0.717) is 0 Å². The van der Waals surface area contributed by atoms with Crippen molar-refractivity contribution in [2.24, 2.45) is 0 Å². The molecule has 4 nitrogen and oxygen atoms in total. The molecule has 0 radical (unpaired) electrons. The van der Waals surface area contributed by atoms with Crippen molar-refractivity contribution in [3.8, 4) is 45.0 Å². The van der Waals surface area contributed by atoms with Gasteiger partial charge in [-0.25, -0.2) is 4.98 Å². The summed E-state index contributed by atoms with van der Waals surface area (Å²) < 4.78 is 11.4. The predicted molar refractivity (Wildman–Crippen MR) is 237 cm³/mol. The smallest absolute Gasteiger partial charge is 0.144 e. The van der Waals surface area contributed by atoms with Crippen LogP contribution in [0.1, 0.15) is 0 Å². The first-order valence-electron chi connectivity index (χ1n) is 19.4. The molecule has 0 N–H and O–H groups in total. The van der Waals surface area contributed by atoms with Crippen LogP contribution in [-0.4, -0.2) is 14.1 Å². The molecular weight excluding hydrogens is 695 g/mol. The summed E-state index contributed by atoms with van der Waals surface area (Å²) in [6.07, 6.45) is 0. The van der Waals surface area contributed by atoms with Crippen molar-refractivity contribution in [1.82, 2.24) is 14.1 Å². The molecule has 4 aromatic heterocycles. The molecule has 0 saturated heterocycles. The summed E-state index contributed by atoms with van der Waals surface area (Å²) in [7, 11) is 0. The summed E-state index contributed by atoms with van der Waals surface area (Å²) >= 11 is 0. The number of benzene rings is 8. The minimum atomic E-state index is 0.838. The number of nitrogens with zero attached hydrogens (tertiary/aromatic N) is 3. The Hall–Kier alpha value is -7.69. The topological polar surface area (TPSA) is 35.9 Å². The molecule has 0 aliphatic heterocycles. The Balaban J connectivity index is 1.17. The molecule has 266 valence electrons. The molecule has 57 heavy (non-hydrogen) atoms. The van der Waals surface area contributed by atoms with Crippen molar-refractivity contribution in [2.45, 2.75) is 0 Å². The SMILES string of the molecule is c1ccc(-c2cccc(-c3cc(-n4c5ccccc5c5cc6c(cc54)c4ccccc4n6-c4ccccc4)cc(-c4cccc5c4oc4ccccc45)n3)c2)cc1. The number of fused-ring (bicyclic) bond motifs is 9. The molecule has 0 fully saturated rings. The van der Waals surface area contributed by atoms with Crippen molar-refractivity contribution >= 4 is 65.6 Å². The third kappa shape index (κ3) is 4.91. The molecule has 0 saturated carbocycles. The lowest BCUT2D eigenvalue weighted by Crippen LogP contribution is -1.99. The third-order valence-electron chi connectivity index (χ3n) is 11.5. The maximum absolute atomic E-state index is 6.61. The summed E-state index contributed by atoms with van der Waals surface area (Å²) in [5.41, 5.74) is 14.6. The number of hydrogen-bond acceptors (Lipinski definition) is 2. The second-order valence-corrected chi connectivity index (χ2v) is 14.8. The molecule has 12 rings (SSSR count). The van der Waals surface area contributed by atoms with E-state index in [1.807, 2.05) is 12.1 Å². The van der Waals surface area contributed by atoms with Gasteiger partial charge < -0.3 is 13.6 Å². The highest BCUT2D eigenvalue weighted by molar-refractivity contribution is 6.19. The van der Waals surface area contributed by atoms with Crippen molar-refractivity contribution in [2.75, 3.05) is 0 Å². The lowest BCUT2D eigenvalue weighted by atomic mass is 10.0. The van der Waals surface area contributed by atoms with Gasteiger partial charge in [-0.1, -0.05) is 133 Å². The van der Waals surface area contributed by atoms with Crippen LogP contribution in [0.25, 0.3) is 111 Å². The van der Waals surface area contributed by atoms with E-state index >= 15 is 0 Å². The molecule has 0 atom stereocenters. The van der Waals surface area contributed by atoms with E-state index in [2.05, 4.69) is 197 Å². The van der Waals surface area contributed by atoms with Crippen LogP contribution >= 0.6 is 0 Å². The number of aromatic nitrogens is 3. The van der Waals surface area contributed by atoms with Crippen molar-refractivity contribution in [1.29, 1.82) is 0 Å². The van der Waals surface area contributed by atoms with Crippen LogP contribution in [-0.2, 0) is 0 Å². The first-order chi connectivity index (χ1) is 28.3. The van der Waals surface area contributed by atoms with Gasteiger partial charge in [-0.2, -0.15) is 0 Å². The summed E-state index contributed by atoms with van der Waals surface area (Å²) in [6.45, 7) is 0. The van der Waals surface area contributed by atoms with Gasteiger partial charge in [-0.05, 0) is 77.9 Å². The summed E-state index contributed by atoms with van der Waals surface area (Å²) in [5, 5.41) is 7.01. The summed E-state index contributed by atoms with van der Waals surface area (Å²) in [4.78, 5) is 5.45. The zero-order valence-electron chi connectivity index (χ0n) is 30.8. The average molecular weight is 728 g/mol. The zero-order chi connectivity index (χ0) is 37.5. The normalized spacial score (nSPS) is 11.9. The Morgan fingerprint density at radius 3 is 1.61 bits per heavy atom. The van der Waals surface area contributed by atoms with Gasteiger partial charge in [0.2, 0.25) is 0 Å². The lowest BCUT2D eigenvalue weighted by molar-refractivity contribution is 0.670. The Bertz CT molecular complexity index is 3520. The van der Waals surface area contributed by atoms with Gasteiger partial charge in [0, 0.05) is 49.1 Å². The van der Waals surface area contributed by atoms with E-state index in [1.54, 1.807) is 0 Å². The molecule has 4 heterocycles. The van der Waals surface area contributed by atoms with Gasteiger partial charge in [-0.15, -0.1) is 0 Å². The average Bonchev–Trinajstić information content (AvgIpc) is 3.93. The summed E-state index contributed by atoms with van der Waals surface area (Å²) in [6, 6.07) is 71.3. The molecule has 0 unspecified atom stereocenters. The van der Waals surface area contributed by atoms with Gasteiger partial charge in [-0.3, -0.25) is 0 Å². The molecule has 0 aliphatic rings. The number of furan rings is 1. The molecule has 8 aromatic carbocycles. The van der Waals surface area contributed by atoms with E-state index in [0.717, 1.165) is 72.4 Å². The molecule has 12 aromatic rings. The second kappa shape index (κ2) is 12.4. The van der Waals surface area contributed by atoms with Crippen molar-refractivity contribution in [3.05, 3.63) is 200 Å². The molecule has 0 bridgehead atoms. The second-order valence-electron chi connectivity index (χ2n) is 14.8. The van der Waals surface area contributed by atoms with Crippen LogP contribution < -0.4 is 0 Å². The maximum atomic E-state index is 6.61. The molecule has 0 amide bonds. The maximum Gasteiger partial charge on any atom is 0.144 e. The third-order valence-corrected chi connectivity index (χ3v) is 11.5. The number of pyridine rings is 1. The number of rotatable bonds is 5. The predicted octanol–water partition coefficient (Wildman–Crippen LogP) is 14.2. The minimum absolute atomic E-state index is 0.838. The highest BCUT2D eigenvalue weighted by Crippen LogP contribution is 2.42. The van der Waals surface area contributed by atoms with Crippen LogP contribution in [0, 0.1) is 0 Å². The largest absolute Gasteiger partial charge is 0.455 e. The van der Waals surface area contributed by atoms with Crippen LogP contribution in [0.2, 0.25) is 0 Å². The monoisotopic (exact) mass is 727 g/mol. The fourth-order valence-corrected chi connectivity index (χ4v) is 8.93. The van der Waals surface area contributed by atoms with Crippen LogP contribution in [0.5, 0.6) is 0 Å². The van der Waals surface area contributed by atoms with Gasteiger partial charge in [0.25, 0.3) is 0 Å². The van der Waals surface area contributed by atoms with Gasteiger partial charge >= 0.3 is 0 Å². The minimum Gasteiger partial charge on any atom is -0.455 e. The van der Waals surface area contributed by atoms with Crippen LogP contribution in [0.4, 0.5) is 0 Å². The van der Waals surface area contributed by atoms with Gasteiger partial charge in [0.05, 0.1) is 39.1 Å². The molecule has 4 heteroatoms. The number of hydrogen-bond donors (Lipinski definition) is 0. The molecule has 0 spiro atoms. The fraction of sp³-hybridized carbons (Fsp3) is 0. The van der Waals surface area contributed by atoms with E-state index in [9.17, 15) is 0 Å². The van der Waals surface area contributed by atoms with Crippen LogP contribution in [0.15, 0.2) is 205 Å². The standard InChI is InChI=1S/C53H33N3O/c1-3-15-34(16-4-1)35-17-13-18-36(29-35)46-30-38(31-47(54-46)43-25-14-24-42-41-23-9-12-28-52(41)57-53(42)43)56-49-27-11-8-22-40(49)45-32-50-44(33-51(45)56)39-21-7-10-26-48(39)55(50)37-19-5-2-6-20-37/h1-33H. The lowest BCUT2D eigenvalue weighted by Gasteiger charge is -2.14. The Morgan fingerprint density at radius 2 is 0.877 bits per heavy atom. The zero-order valence-corrected chi connectivity index (χ0v) is 30.8. The Kier molecular flexibility index (Phi) is 6.89. The Morgan fingerprint density at radius 1 is 0.333 bits per heavy atom. The molecule has 0 aliphatic carbocycles. The van der Waals surface area contributed by atoms with E-state index < -0.39 is 0 Å². The first kappa shape index (κ1) is 31.6. The van der Waals surface area contributed by atoms with Crippen molar-refractivity contribution < 1.29 is 4.42 Å². The van der Waals surface area contributed by atoms with Crippen molar-refractivity contribution in [3.63, 3.8) is 0 Å². The first-order valence-corrected chi connectivity index (χ1v) is 19.4. The summed E-state index contributed by atoms with van der Waals surface area (Å²) in [5.74, 6) is 0. The van der Waals surface area contributed by atoms with E-state index in [1.165, 1.54) is 38.1 Å². The molecular formula is C53H33N3O. The van der Waals surface area contributed by atoms with Gasteiger partial charge in [0.1, 0.15) is 11.2 Å². The Labute approximate surface area is 328 Å². The fourth-order valence-electron chi connectivity index (χ4n) is 8.93. The number of para-hydroxylation sites is 5. The van der Waals surface area contributed by atoms with Gasteiger partial charge in [0.15, 0.2) is 0 Å². The highest BCUT2D eigenvalue weighted by Gasteiger charge is 2.21. The van der Waals surface area contributed by atoms with Crippen LogP contribution in [0.3, 0.4) is 0 Å². The van der Waals surface area contributed by atoms with E-state index in [-0.39, 0.29) is 0 Å². The quantitative estimate of drug-likeness (QED) is 0.177.